The average molecular weight is 558 g/mol. The van der Waals surface area contributed by atoms with Crippen LogP contribution in [0.3, 0.4) is 0 Å². The fourth-order valence-corrected chi connectivity index (χ4v) is 5.09. The van der Waals surface area contributed by atoms with Crippen molar-refractivity contribution in [3.63, 3.8) is 0 Å². The van der Waals surface area contributed by atoms with Gasteiger partial charge in [0, 0.05) is 36.6 Å². The monoisotopic (exact) mass is 556 g/mol. The van der Waals surface area contributed by atoms with Crippen LogP contribution in [0, 0.1) is 6.92 Å². The van der Waals surface area contributed by atoms with E-state index in [1.54, 1.807) is 28.8 Å². The van der Waals surface area contributed by atoms with E-state index in [9.17, 15) is 9.59 Å². The van der Waals surface area contributed by atoms with Crippen LogP contribution in [0.5, 0.6) is 0 Å². The maximum Gasteiger partial charge on any atom is 0.243 e. The van der Waals surface area contributed by atoms with Gasteiger partial charge in [-0.05, 0) is 48.7 Å². The zero-order valence-corrected chi connectivity index (χ0v) is 23.7. The van der Waals surface area contributed by atoms with E-state index in [1.807, 2.05) is 36.4 Å². The van der Waals surface area contributed by atoms with Crippen molar-refractivity contribution in [3.8, 4) is 0 Å². The number of amides is 2. The predicted octanol–water partition coefficient (Wildman–Crippen LogP) is 7.34. The van der Waals surface area contributed by atoms with Crippen LogP contribution in [0.25, 0.3) is 0 Å². The number of aryl methyl sites for hydroxylation is 1. The van der Waals surface area contributed by atoms with E-state index >= 15 is 0 Å². The number of nitrogens with zero attached hydrogens (tertiary/aromatic N) is 1. The summed E-state index contributed by atoms with van der Waals surface area (Å²) < 4.78 is 0. The molecule has 0 aliphatic carbocycles. The molecule has 0 fully saturated rings. The highest BCUT2D eigenvalue weighted by molar-refractivity contribution is 7.99. The molecule has 7 heteroatoms. The van der Waals surface area contributed by atoms with Crippen molar-refractivity contribution < 1.29 is 9.59 Å². The third-order valence-corrected chi connectivity index (χ3v) is 7.80. The summed E-state index contributed by atoms with van der Waals surface area (Å²) in [4.78, 5) is 29.9. The van der Waals surface area contributed by atoms with Crippen molar-refractivity contribution in [2.75, 3.05) is 12.3 Å². The number of halogens is 2. The number of rotatable bonds is 13. The first-order valence-electron chi connectivity index (χ1n) is 12.6. The molecule has 1 atom stereocenters. The second-order valence-corrected chi connectivity index (χ2v) is 11.0. The van der Waals surface area contributed by atoms with E-state index in [1.165, 1.54) is 5.56 Å². The van der Waals surface area contributed by atoms with Gasteiger partial charge in [0.1, 0.15) is 6.04 Å². The second kappa shape index (κ2) is 15.1. The van der Waals surface area contributed by atoms with Crippen LogP contribution >= 0.6 is 35.0 Å². The topological polar surface area (TPSA) is 49.4 Å². The fraction of sp³-hybridized carbons (Fsp3) is 0.333. The summed E-state index contributed by atoms with van der Waals surface area (Å²) in [7, 11) is 0. The molecule has 0 heterocycles. The molecule has 0 aliphatic rings. The first kappa shape index (κ1) is 29.1. The van der Waals surface area contributed by atoms with Gasteiger partial charge in [-0.15, -0.1) is 11.8 Å². The second-order valence-electron chi connectivity index (χ2n) is 9.03. The molecule has 37 heavy (non-hydrogen) atoms. The number of thioether (sulfide) groups is 1. The van der Waals surface area contributed by atoms with Crippen molar-refractivity contribution in [1.82, 2.24) is 10.2 Å². The number of unbranched alkanes of at least 4 members (excludes halogenated alkanes) is 1. The Bertz CT molecular complexity index is 1160. The Morgan fingerprint density at radius 3 is 2.35 bits per heavy atom. The molecule has 0 saturated carbocycles. The van der Waals surface area contributed by atoms with Crippen LogP contribution in [-0.4, -0.2) is 35.1 Å². The lowest BCUT2D eigenvalue weighted by molar-refractivity contribution is -0.141. The molecule has 0 spiro atoms. The molecular weight excluding hydrogens is 523 g/mol. The van der Waals surface area contributed by atoms with Crippen molar-refractivity contribution in [2.45, 2.75) is 57.0 Å². The molecule has 0 aliphatic heterocycles. The molecular formula is C30H34Cl2N2O2S. The van der Waals surface area contributed by atoms with Crippen LogP contribution in [0.1, 0.15) is 42.9 Å². The Balaban J connectivity index is 1.84. The fourth-order valence-electron chi connectivity index (χ4n) is 3.93. The standard InChI is InChI=1S/C30H34Cl2N2O2S/c1-3-4-17-33-30(36)28(20-23-8-6-5-7-9-23)34(21-24-12-15-26(31)27(32)19-24)29(35)16-18-37-25-13-10-22(2)11-14-25/h5-15,19,28H,3-4,16-18,20-21H2,1-2H3,(H,33,36)/t28-/m1/s1. The molecule has 196 valence electrons. The highest BCUT2D eigenvalue weighted by Gasteiger charge is 2.30. The lowest BCUT2D eigenvalue weighted by Gasteiger charge is -2.31. The third-order valence-electron chi connectivity index (χ3n) is 6.04. The van der Waals surface area contributed by atoms with Crippen molar-refractivity contribution in [1.29, 1.82) is 0 Å². The van der Waals surface area contributed by atoms with Gasteiger partial charge in [-0.3, -0.25) is 9.59 Å². The summed E-state index contributed by atoms with van der Waals surface area (Å²) in [5.74, 6) is 0.407. The van der Waals surface area contributed by atoms with Gasteiger partial charge in [-0.2, -0.15) is 0 Å². The van der Waals surface area contributed by atoms with Gasteiger partial charge < -0.3 is 10.2 Å². The smallest absolute Gasteiger partial charge is 0.243 e. The molecule has 2 amide bonds. The zero-order valence-electron chi connectivity index (χ0n) is 21.4. The highest BCUT2D eigenvalue weighted by atomic mass is 35.5. The molecule has 3 rings (SSSR count). The minimum Gasteiger partial charge on any atom is -0.354 e. The van der Waals surface area contributed by atoms with Crippen LogP contribution < -0.4 is 5.32 Å². The first-order chi connectivity index (χ1) is 17.9. The Kier molecular flexibility index (Phi) is 11.8. The first-order valence-corrected chi connectivity index (χ1v) is 14.4. The maximum absolute atomic E-state index is 13.7. The number of carbonyl (C=O) groups is 2. The van der Waals surface area contributed by atoms with Gasteiger partial charge in [0.2, 0.25) is 11.8 Å². The van der Waals surface area contributed by atoms with Crippen molar-refractivity contribution in [2.24, 2.45) is 0 Å². The molecule has 0 unspecified atom stereocenters. The van der Waals surface area contributed by atoms with E-state index in [2.05, 4.69) is 43.4 Å². The van der Waals surface area contributed by atoms with E-state index < -0.39 is 6.04 Å². The van der Waals surface area contributed by atoms with Gasteiger partial charge in [-0.25, -0.2) is 0 Å². The molecule has 1 N–H and O–H groups in total. The predicted molar refractivity (Wildman–Crippen MR) is 155 cm³/mol. The minimum absolute atomic E-state index is 0.0720. The quantitative estimate of drug-likeness (QED) is 0.177. The highest BCUT2D eigenvalue weighted by Crippen LogP contribution is 2.25. The van der Waals surface area contributed by atoms with Crippen LogP contribution in [0.4, 0.5) is 0 Å². The largest absolute Gasteiger partial charge is 0.354 e. The molecule has 3 aromatic rings. The summed E-state index contributed by atoms with van der Waals surface area (Å²) in [5, 5.41) is 3.93. The summed E-state index contributed by atoms with van der Waals surface area (Å²) in [6, 6.07) is 22.8. The Hall–Kier alpha value is -2.47. The lowest BCUT2D eigenvalue weighted by Crippen LogP contribution is -2.50. The number of carbonyl (C=O) groups excluding carboxylic acids is 2. The number of nitrogens with one attached hydrogen (secondary N) is 1. The van der Waals surface area contributed by atoms with Crippen LogP contribution in [0.15, 0.2) is 77.7 Å². The van der Waals surface area contributed by atoms with E-state index in [-0.39, 0.29) is 18.4 Å². The van der Waals surface area contributed by atoms with Crippen LogP contribution in [0.2, 0.25) is 10.0 Å². The van der Waals surface area contributed by atoms with Gasteiger partial charge in [0.25, 0.3) is 0 Å². The molecule has 0 saturated heterocycles. The average Bonchev–Trinajstić information content (AvgIpc) is 2.90. The molecule has 3 aromatic carbocycles. The number of hydrogen-bond acceptors (Lipinski definition) is 3. The van der Waals surface area contributed by atoms with Crippen molar-refractivity contribution in [3.05, 3.63) is 99.5 Å². The summed E-state index contributed by atoms with van der Waals surface area (Å²) in [5.41, 5.74) is 3.03. The van der Waals surface area contributed by atoms with E-state index in [0.717, 1.165) is 28.9 Å². The summed E-state index contributed by atoms with van der Waals surface area (Å²) in [6.45, 7) is 4.99. The van der Waals surface area contributed by atoms with Crippen molar-refractivity contribution >= 4 is 46.8 Å². The Morgan fingerprint density at radius 1 is 0.946 bits per heavy atom. The lowest BCUT2D eigenvalue weighted by atomic mass is 10.0. The SMILES string of the molecule is CCCCNC(=O)[C@@H](Cc1ccccc1)N(Cc1ccc(Cl)c(Cl)c1)C(=O)CCSc1ccc(C)cc1. The van der Waals surface area contributed by atoms with Gasteiger partial charge in [0.05, 0.1) is 10.0 Å². The van der Waals surface area contributed by atoms with Gasteiger partial charge in [-0.1, -0.05) is 90.6 Å². The number of benzene rings is 3. The van der Waals surface area contributed by atoms with E-state index in [0.29, 0.717) is 35.2 Å². The van der Waals surface area contributed by atoms with Gasteiger partial charge in [0.15, 0.2) is 0 Å². The summed E-state index contributed by atoms with van der Waals surface area (Å²) >= 11 is 14.0. The number of hydrogen-bond donors (Lipinski definition) is 1. The molecule has 0 aromatic heterocycles. The molecule has 0 bridgehead atoms. The molecule has 4 nitrogen and oxygen atoms in total. The van der Waals surface area contributed by atoms with Crippen LogP contribution in [-0.2, 0) is 22.6 Å². The maximum atomic E-state index is 13.7. The third kappa shape index (κ3) is 9.41. The summed E-state index contributed by atoms with van der Waals surface area (Å²) in [6.07, 6.45) is 2.61. The minimum atomic E-state index is -0.648. The Morgan fingerprint density at radius 2 is 1.68 bits per heavy atom. The zero-order chi connectivity index (χ0) is 26.6. The van der Waals surface area contributed by atoms with Gasteiger partial charge >= 0.3 is 0 Å². The normalized spacial score (nSPS) is 11.7. The molecule has 0 radical (unpaired) electrons. The van der Waals surface area contributed by atoms with E-state index in [4.69, 9.17) is 23.2 Å². The Labute approximate surface area is 234 Å².